The molecule has 0 saturated heterocycles. The van der Waals surface area contributed by atoms with E-state index < -0.39 is 0 Å². The van der Waals surface area contributed by atoms with E-state index in [4.69, 9.17) is 4.98 Å². The summed E-state index contributed by atoms with van der Waals surface area (Å²) in [5.74, 6) is 1.83. The highest BCUT2D eigenvalue weighted by molar-refractivity contribution is 5.41. The second-order valence-corrected chi connectivity index (χ2v) is 7.04. The first-order chi connectivity index (χ1) is 10.1. The maximum Gasteiger partial charge on any atom is 0.128 e. The molecule has 1 saturated carbocycles. The predicted molar refractivity (Wildman–Crippen MR) is 90.7 cm³/mol. The Bertz CT molecular complexity index is 405. The number of anilines is 1. The summed E-state index contributed by atoms with van der Waals surface area (Å²) in [4.78, 5) is 7.28. The molecule has 0 spiro atoms. The molecule has 1 fully saturated rings. The van der Waals surface area contributed by atoms with Crippen LogP contribution in [0, 0.1) is 5.92 Å². The van der Waals surface area contributed by atoms with Crippen LogP contribution in [0.4, 0.5) is 5.82 Å². The molecule has 118 valence electrons. The van der Waals surface area contributed by atoms with Crippen molar-refractivity contribution in [3.05, 3.63) is 23.9 Å². The van der Waals surface area contributed by atoms with Crippen LogP contribution in [0.1, 0.15) is 58.9 Å². The Morgan fingerprint density at radius 1 is 1.19 bits per heavy atom. The highest BCUT2D eigenvalue weighted by Gasteiger charge is 2.24. The summed E-state index contributed by atoms with van der Waals surface area (Å²) in [6.45, 7) is 10.9. The quantitative estimate of drug-likeness (QED) is 0.823. The van der Waals surface area contributed by atoms with Gasteiger partial charge in [0.05, 0.1) is 0 Å². The highest BCUT2D eigenvalue weighted by atomic mass is 15.2. The fourth-order valence-electron chi connectivity index (χ4n) is 3.05. The van der Waals surface area contributed by atoms with E-state index in [1.54, 1.807) is 0 Å². The highest BCUT2D eigenvalue weighted by Crippen LogP contribution is 2.28. The molecule has 0 bridgehead atoms. The van der Waals surface area contributed by atoms with Crippen molar-refractivity contribution in [3.8, 4) is 0 Å². The molecule has 3 heteroatoms. The Morgan fingerprint density at radius 2 is 1.90 bits per heavy atom. The molecule has 1 aromatic rings. The third-order valence-electron chi connectivity index (χ3n) is 4.15. The van der Waals surface area contributed by atoms with E-state index in [1.807, 2.05) is 6.20 Å². The second kappa shape index (κ2) is 7.79. The van der Waals surface area contributed by atoms with Crippen LogP contribution in [0.3, 0.4) is 0 Å². The zero-order valence-corrected chi connectivity index (χ0v) is 14.1. The van der Waals surface area contributed by atoms with E-state index in [2.05, 4.69) is 50.0 Å². The molecule has 1 aliphatic rings. The number of aromatic nitrogens is 1. The lowest BCUT2D eigenvalue weighted by Crippen LogP contribution is -2.36. The van der Waals surface area contributed by atoms with Crippen LogP contribution in [-0.4, -0.2) is 23.6 Å². The lowest BCUT2D eigenvalue weighted by atomic mass is 10.1. The zero-order chi connectivity index (χ0) is 15.2. The number of hydrogen-bond donors (Lipinski definition) is 1. The number of pyridine rings is 1. The van der Waals surface area contributed by atoms with Gasteiger partial charge in [-0.15, -0.1) is 0 Å². The molecule has 1 aliphatic carbocycles. The van der Waals surface area contributed by atoms with Gasteiger partial charge < -0.3 is 10.2 Å². The third kappa shape index (κ3) is 4.99. The van der Waals surface area contributed by atoms with Gasteiger partial charge in [0, 0.05) is 31.4 Å². The smallest absolute Gasteiger partial charge is 0.128 e. The summed E-state index contributed by atoms with van der Waals surface area (Å²) in [5.41, 5.74) is 1.27. The molecule has 1 heterocycles. The number of nitrogens with zero attached hydrogens (tertiary/aromatic N) is 2. The number of hydrogen-bond acceptors (Lipinski definition) is 3. The molecule has 0 amide bonds. The molecule has 2 rings (SSSR count). The number of nitrogens with one attached hydrogen (secondary N) is 1. The molecule has 0 radical (unpaired) electrons. The van der Waals surface area contributed by atoms with Gasteiger partial charge in [0.25, 0.3) is 0 Å². The normalized spacial score (nSPS) is 16.1. The SMILES string of the molecule is CC(C)CN(c1ccc(CNC(C)C)cn1)C1CCCC1. The van der Waals surface area contributed by atoms with E-state index >= 15 is 0 Å². The van der Waals surface area contributed by atoms with E-state index in [0.29, 0.717) is 18.0 Å². The van der Waals surface area contributed by atoms with Gasteiger partial charge in [-0.25, -0.2) is 4.98 Å². The fraction of sp³-hybridized carbons (Fsp3) is 0.722. The Labute approximate surface area is 130 Å². The van der Waals surface area contributed by atoms with Gasteiger partial charge in [0.2, 0.25) is 0 Å². The van der Waals surface area contributed by atoms with Crippen LogP contribution < -0.4 is 10.2 Å². The van der Waals surface area contributed by atoms with E-state index in [9.17, 15) is 0 Å². The minimum atomic E-state index is 0.514. The van der Waals surface area contributed by atoms with Crippen LogP contribution in [-0.2, 0) is 6.54 Å². The van der Waals surface area contributed by atoms with Crippen LogP contribution in [0.5, 0.6) is 0 Å². The van der Waals surface area contributed by atoms with Crippen molar-refractivity contribution in [3.63, 3.8) is 0 Å². The van der Waals surface area contributed by atoms with Gasteiger partial charge in [-0.3, -0.25) is 0 Å². The van der Waals surface area contributed by atoms with Gasteiger partial charge in [-0.2, -0.15) is 0 Å². The van der Waals surface area contributed by atoms with Crippen molar-refractivity contribution in [2.45, 2.75) is 72.0 Å². The van der Waals surface area contributed by atoms with Gasteiger partial charge >= 0.3 is 0 Å². The maximum absolute atomic E-state index is 4.74. The molecule has 1 aromatic heterocycles. The number of rotatable bonds is 7. The molecular weight excluding hydrogens is 258 g/mol. The van der Waals surface area contributed by atoms with E-state index in [1.165, 1.54) is 31.2 Å². The molecule has 0 aromatic carbocycles. The van der Waals surface area contributed by atoms with E-state index in [-0.39, 0.29) is 0 Å². The van der Waals surface area contributed by atoms with E-state index in [0.717, 1.165) is 18.9 Å². The minimum Gasteiger partial charge on any atom is -0.353 e. The van der Waals surface area contributed by atoms with Gasteiger partial charge in [-0.1, -0.05) is 46.6 Å². The fourth-order valence-corrected chi connectivity index (χ4v) is 3.05. The summed E-state index contributed by atoms with van der Waals surface area (Å²) in [7, 11) is 0. The summed E-state index contributed by atoms with van der Waals surface area (Å²) in [6, 6.07) is 5.64. The first-order valence-corrected chi connectivity index (χ1v) is 8.51. The van der Waals surface area contributed by atoms with Crippen molar-refractivity contribution in [2.75, 3.05) is 11.4 Å². The molecule has 0 atom stereocenters. The van der Waals surface area contributed by atoms with Crippen LogP contribution in [0.25, 0.3) is 0 Å². The van der Waals surface area contributed by atoms with Crippen LogP contribution in [0.2, 0.25) is 0 Å². The predicted octanol–water partition coefficient (Wildman–Crippen LogP) is 3.98. The standard InChI is InChI=1S/C18H31N3/c1-14(2)13-21(17-7-5-6-8-17)18-10-9-16(12-20-18)11-19-15(3)4/h9-10,12,14-15,17,19H,5-8,11,13H2,1-4H3. The van der Waals surface area contributed by atoms with Crippen molar-refractivity contribution >= 4 is 5.82 Å². The Kier molecular flexibility index (Phi) is 6.04. The van der Waals surface area contributed by atoms with Gasteiger partial charge in [0.1, 0.15) is 5.82 Å². The van der Waals surface area contributed by atoms with Crippen molar-refractivity contribution in [2.24, 2.45) is 5.92 Å². The Balaban J connectivity index is 2.05. The lowest BCUT2D eigenvalue weighted by molar-refractivity contribution is 0.531. The lowest BCUT2D eigenvalue weighted by Gasteiger charge is -2.31. The van der Waals surface area contributed by atoms with Crippen LogP contribution >= 0.6 is 0 Å². The summed E-state index contributed by atoms with van der Waals surface area (Å²) >= 11 is 0. The van der Waals surface area contributed by atoms with Gasteiger partial charge in [0.15, 0.2) is 0 Å². The van der Waals surface area contributed by atoms with Crippen LogP contribution in [0.15, 0.2) is 18.3 Å². The summed E-state index contributed by atoms with van der Waals surface area (Å²) in [5, 5.41) is 3.44. The third-order valence-corrected chi connectivity index (χ3v) is 4.15. The molecule has 0 aliphatic heterocycles. The topological polar surface area (TPSA) is 28.2 Å². The average molecular weight is 289 g/mol. The largest absolute Gasteiger partial charge is 0.353 e. The Hall–Kier alpha value is -1.09. The van der Waals surface area contributed by atoms with Crippen molar-refractivity contribution < 1.29 is 0 Å². The second-order valence-electron chi connectivity index (χ2n) is 7.04. The molecule has 1 N–H and O–H groups in total. The van der Waals surface area contributed by atoms with Crippen molar-refractivity contribution in [1.29, 1.82) is 0 Å². The Morgan fingerprint density at radius 3 is 2.43 bits per heavy atom. The molecule has 21 heavy (non-hydrogen) atoms. The van der Waals surface area contributed by atoms with Crippen molar-refractivity contribution in [1.82, 2.24) is 10.3 Å². The first kappa shape index (κ1) is 16.3. The average Bonchev–Trinajstić information content (AvgIpc) is 2.97. The first-order valence-electron chi connectivity index (χ1n) is 8.51. The summed E-state index contributed by atoms with van der Waals surface area (Å²) in [6.07, 6.45) is 7.43. The maximum atomic E-state index is 4.74. The molecular formula is C18H31N3. The minimum absolute atomic E-state index is 0.514. The summed E-state index contributed by atoms with van der Waals surface area (Å²) < 4.78 is 0. The molecule has 0 unspecified atom stereocenters. The molecule has 3 nitrogen and oxygen atoms in total. The zero-order valence-electron chi connectivity index (χ0n) is 14.1. The monoisotopic (exact) mass is 289 g/mol. The van der Waals surface area contributed by atoms with Gasteiger partial charge in [-0.05, 0) is 30.4 Å².